The predicted octanol–water partition coefficient (Wildman–Crippen LogP) is 3.93. The summed E-state index contributed by atoms with van der Waals surface area (Å²) >= 11 is 0. The Morgan fingerprint density at radius 2 is 1.82 bits per heavy atom. The second kappa shape index (κ2) is 5.56. The summed E-state index contributed by atoms with van der Waals surface area (Å²) < 4.78 is 0. The Bertz CT molecular complexity index is 789. The molecule has 0 unspecified atom stereocenters. The van der Waals surface area contributed by atoms with Crippen LogP contribution in [0.25, 0.3) is 0 Å². The van der Waals surface area contributed by atoms with E-state index >= 15 is 0 Å². The van der Waals surface area contributed by atoms with Crippen LogP contribution in [0.15, 0.2) is 47.5 Å². The average molecular weight is 292 g/mol. The molecule has 3 rings (SSSR count). The van der Waals surface area contributed by atoms with Crippen LogP contribution in [0.3, 0.4) is 0 Å². The molecule has 0 fully saturated rings. The molecule has 1 N–H and O–H groups in total. The minimum absolute atomic E-state index is 0.00693. The van der Waals surface area contributed by atoms with Gasteiger partial charge in [0.25, 0.3) is 5.91 Å². The van der Waals surface area contributed by atoms with Crippen LogP contribution in [-0.2, 0) is 0 Å². The number of carbonyl (C=O) groups excluding carboxylic acids is 2. The standard InChI is InChI=1S/C18H16N2O2/c1-11-3-6-14(7-4-11)20-18(22)13-5-8-16-15(10-13)17(21)9-12(2)19-16/h3-8,10H,9H2,1-2H3,(H,20,22). The van der Waals surface area contributed by atoms with Gasteiger partial charge >= 0.3 is 0 Å². The van der Waals surface area contributed by atoms with Crippen molar-refractivity contribution in [2.24, 2.45) is 4.99 Å². The maximum atomic E-state index is 12.3. The molecule has 110 valence electrons. The maximum Gasteiger partial charge on any atom is 0.255 e. The Morgan fingerprint density at radius 1 is 1.09 bits per heavy atom. The maximum absolute atomic E-state index is 12.3. The molecule has 1 aliphatic heterocycles. The van der Waals surface area contributed by atoms with Crippen LogP contribution in [0.1, 0.15) is 39.6 Å². The van der Waals surface area contributed by atoms with E-state index in [1.807, 2.05) is 38.1 Å². The molecular formula is C18H16N2O2. The number of carbonyl (C=O) groups is 2. The highest BCUT2D eigenvalue weighted by Gasteiger charge is 2.19. The van der Waals surface area contributed by atoms with Crippen molar-refractivity contribution in [3.8, 4) is 0 Å². The van der Waals surface area contributed by atoms with E-state index < -0.39 is 0 Å². The molecule has 0 atom stereocenters. The normalized spacial score (nSPS) is 13.4. The van der Waals surface area contributed by atoms with Crippen LogP contribution >= 0.6 is 0 Å². The molecule has 0 radical (unpaired) electrons. The largest absolute Gasteiger partial charge is 0.322 e. The van der Waals surface area contributed by atoms with Crippen LogP contribution in [0.2, 0.25) is 0 Å². The third kappa shape index (κ3) is 2.81. The van der Waals surface area contributed by atoms with Gasteiger partial charge < -0.3 is 5.32 Å². The third-order valence-corrected chi connectivity index (χ3v) is 3.60. The number of benzene rings is 2. The zero-order valence-corrected chi connectivity index (χ0v) is 12.5. The molecule has 0 spiro atoms. The van der Waals surface area contributed by atoms with E-state index in [9.17, 15) is 9.59 Å². The molecule has 0 aromatic heterocycles. The van der Waals surface area contributed by atoms with Crippen LogP contribution in [0.5, 0.6) is 0 Å². The molecule has 0 bridgehead atoms. The van der Waals surface area contributed by atoms with Crippen molar-refractivity contribution in [1.29, 1.82) is 0 Å². The molecule has 2 aromatic rings. The van der Waals surface area contributed by atoms with E-state index in [0.717, 1.165) is 17.0 Å². The molecule has 0 saturated heterocycles. The van der Waals surface area contributed by atoms with Crippen LogP contribution in [0, 0.1) is 6.92 Å². The van der Waals surface area contributed by atoms with Crippen molar-refractivity contribution >= 4 is 28.8 Å². The van der Waals surface area contributed by atoms with Crippen molar-refractivity contribution in [2.75, 3.05) is 5.32 Å². The van der Waals surface area contributed by atoms with Gasteiger partial charge in [0.2, 0.25) is 0 Å². The number of amides is 1. The van der Waals surface area contributed by atoms with E-state index in [1.165, 1.54) is 0 Å². The molecule has 22 heavy (non-hydrogen) atoms. The SMILES string of the molecule is CC1=Nc2ccc(C(=O)Nc3ccc(C)cc3)cc2C(=O)C1. The molecular weight excluding hydrogens is 276 g/mol. The van der Waals surface area contributed by atoms with E-state index in [2.05, 4.69) is 10.3 Å². The number of nitrogens with one attached hydrogen (secondary N) is 1. The highest BCUT2D eigenvalue weighted by atomic mass is 16.1. The fourth-order valence-electron chi connectivity index (χ4n) is 2.41. The Balaban J connectivity index is 1.86. The van der Waals surface area contributed by atoms with Crippen molar-refractivity contribution in [2.45, 2.75) is 20.3 Å². The van der Waals surface area contributed by atoms with Gasteiger partial charge in [-0.1, -0.05) is 17.7 Å². The lowest BCUT2D eigenvalue weighted by atomic mass is 9.98. The van der Waals surface area contributed by atoms with Crippen molar-refractivity contribution in [3.63, 3.8) is 0 Å². The summed E-state index contributed by atoms with van der Waals surface area (Å²) in [6.45, 7) is 3.82. The summed E-state index contributed by atoms with van der Waals surface area (Å²) in [5.41, 5.74) is 4.28. The minimum Gasteiger partial charge on any atom is -0.322 e. The second-order valence-corrected chi connectivity index (χ2v) is 5.50. The zero-order valence-electron chi connectivity index (χ0n) is 12.5. The van der Waals surface area contributed by atoms with Gasteiger partial charge in [0.15, 0.2) is 5.78 Å². The third-order valence-electron chi connectivity index (χ3n) is 3.60. The fourth-order valence-corrected chi connectivity index (χ4v) is 2.41. The first-order valence-electron chi connectivity index (χ1n) is 7.12. The smallest absolute Gasteiger partial charge is 0.255 e. The lowest BCUT2D eigenvalue weighted by molar-refractivity contribution is 0.0999. The Labute approximate surface area is 128 Å². The number of rotatable bonds is 2. The van der Waals surface area contributed by atoms with E-state index in [4.69, 9.17) is 0 Å². The highest BCUT2D eigenvalue weighted by molar-refractivity contribution is 6.16. The van der Waals surface area contributed by atoms with Gasteiger partial charge in [-0.2, -0.15) is 0 Å². The minimum atomic E-state index is -0.231. The zero-order chi connectivity index (χ0) is 15.7. The number of anilines is 1. The number of nitrogens with zero attached hydrogens (tertiary/aromatic N) is 1. The van der Waals surface area contributed by atoms with Gasteiger partial charge in [0.05, 0.1) is 5.69 Å². The van der Waals surface area contributed by atoms with Gasteiger partial charge in [-0.15, -0.1) is 0 Å². The summed E-state index contributed by atoms with van der Waals surface area (Å²) in [5.74, 6) is -0.224. The molecule has 1 heterocycles. The second-order valence-electron chi connectivity index (χ2n) is 5.50. The highest BCUT2D eigenvalue weighted by Crippen LogP contribution is 2.27. The lowest BCUT2D eigenvalue weighted by Gasteiger charge is -2.13. The monoisotopic (exact) mass is 292 g/mol. The number of ketones is 1. The van der Waals surface area contributed by atoms with Gasteiger partial charge in [-0.25, -0.2) is 0 Å². The molecule has 1 aliphatic rings. The quantitative estimate of drug-likeness (QED) is 0.911. The van der Waals surface area contributed by atoms with E-state index in [0.29, 0.717) is 23.2 Å². The van der Waals surface area contributed by atoms with Crippen molar-refractivity contribution < 1.29 is 9.59 Å². The average Bonchev–Trinajstić information content (AvgIpc) is 2.49. The first kappa shape index (κ1) is 14.2. The number of aryl methyl sites for hydroxylation is 1. The van der Waals surface area contributed by atoms with Crippen molar-refractivity contribution in [1.82, 2.24) is 0 Å². The summed E-state index contributed by atoms with van der Waals surface area (Å²) in [6.07, 6.45) is 0.316. The summed E-state index contributed by atoms with van der Waals surface area (Å²) in [5, 5.41) is 2.83. The van der Waals surface area contributed by atoms with Crippen LogP contribution < -0.4 is 5.32 Å². The summed E-state index contributed by atoms with van der Waals surface area (Å²) in [4.78, 5) is 28.7. The topological polar surface area (TPSA) is 58.5 Å². The molecule has 2 aromatic carbocycles. The Kier molecular flexibility index (Phi) is 3.59. The van der Waals surface area contributed by atoms with Crippen molar-refractivity contribution in [3.05, 3.63) is 59.2 Å². The first-order valence-corrected chi connectivity index (χ1v) is 7.12. The lowest BCUT2D eigenvalue weighted by Crippen LogP contribution is -2.15. The fraction of sp³-hybridized carbons (Fsp3) is 0.167. The Morgan fingerprint density at radius 3 is 2.55 bits per heavy atom. The Hall–Kier alpha value is -2.75. The number of hydrogen-bond donors (Lipinski definition) is 1. The molecule has 0 aliphatic carbocycles. The van der Waals surface area contributed by atoms with Crippen LogP contribution in [0.4, 0.5) is 11.4 Å². The number of hydrogen-bond acceptors (Lipinski definition) is 3. The van der Waals surface area contributed by atoms with Crippen LogP contribution in [-0.4, -0.2) is 17.4 Å². The van der Waals surface area contributed by atoms with E-state index in [1.54, 1.807) is 18.2 Å². The molecule has 1 amide bonds. The predicted molar refractivity (Wildman–Crippen MR) is 87.3 cm³/mol. The molecule has 0 saturated carbocycles. The van der Waals surface area contributed by atoms with Gasteiger partial charge in [-0.3, -0.25) is 14.6 Å². The number of Topliss-reactive ketones (excluding diaryl/α,β-unsaturated/α-hetero) is 1. The summed E-state index contributed by atoms with van der Waals surface area (Å²) in [6, 6.07) is 12.6. The molecule has 4 heteroatoms. The van der Waals surface area contributed by atoms with Gasteiger partial charge in [0, 0.05) is 28.9 Å². The van der Waals surface area contributed by atoms with E-state index in [-0.39, 0.29) is 11.7 Å². The number of fused-ring (bicyclic) bond motifs is 1. The van der Waals surface area contributed by atoms with Gasteiger partial charge in [0.1, 0.15) is 0 Å². The number of aliphatic imine (C=N–C) groups is 1. The van der Waals surface area contributed by atoms with Gasteiger partial charge in [-0.05, 0) is 44.2 Å². The summed E-state index contributed by atoms with van der Waals surface area (Å²) in [7, 11) is 0. The first-order chi connectivity index (χ1) is 10.5. The molecule has 4 nitrogen and oxygen atoms in total.